The molecular weight excluding hydrogens is 210 g/mol. The molecule has 0 aromatic heterocycles. The summed E-state index contributed by atoms with van der Waals surface area (Å²) < 4.78 is 6.50. The molecule has 1 aliphatic heterocycles. The van der Waals surface area contributed by atoms with Crippen molar-refractivity contribution in [3.63, 3.8) is 0 Å². The van der Waals surface area contributed by atoms with Crippen molar-refractivity contribution in [1.82, 2.24) is 5.32 Å². The van der Waals surface area contributed by atoms with Crippen molar-refractivity contribution in [2.45, 2.75) is 76.5 Å². The number of ether oxygens (including phenoxy) is 1. The number of morpholine rings is 1. The van der Waals surface area contributed by atoms with E-state index in [0.717, 1.165) is 18.4 Å². The van der Waals surface area contributed by atoms with E-state index in [1.54, 1.807) is 0 Å². The van der Waals surface area contributed by atoms with Crippen molar-refractivity contribution in [2.75, 3.05) is 6.54 Å². The van der Waals surface area contributed by atoms with E-state index in [4.69, 9.17) is 4.74 Å². The smallest absolute Gasteiger partial charge is 0.0810 e. The number of hydrogen-bond acceptors (Lipinski definition) is 2. The fraction of sp³-hybridized carbons (Fsp3) is 1.00. The molecule has 1 N–H and O–H groups in total. The van der Waals surface area contributed by atoms with Gasteiger partial charge in [-0.1, -0.05) is 26.7 Å². The van der Waals surface area contributed by atoms with Crippen LogP contribution in [0.15, 0.2) is 0 Å². The molecule has 2 nitrogen and oxygen atoms in total. The van der Waals surface area contributed by atoms with Crippen LogP contribution >= 0.6 is 0 Å². The Morgan fingerprint density at radius 3 is 2.65 bits per heavy atom. The number of hydrogen-bond donors (Lipinski definition) is 1. The minimum atomic E-state index is 0.228. The molecule has 3 rings (SSSR count). The van der Waals surface area contributed by atoms with Crippen LogP contribution < -0.4 is 5.32 Å². The Morgan fingerprint density at radius 2 is 1.94 bits per heavy atom. The van der Waals surface area contributed by atoms with Gasteiger partial charge in [0.05, 0.1) is 11.7 Å². The maximum atomic E-state index is 6.50. The van der Waals surface area contributed by atoms with E-state index in [2.05, 4.69) is 19.2 Å². The Balaban J connectivity index is 1.63. The Bertz CT molecular complexity index is 270. The molecule has 17 heavy (non-hydrogen) atoms. The molecule has 3 aliphatic rings. The molecule has 2 heteroatoms. The van der Waals surface area contributed by atoms with Crippen LogP contribution in [-0.2, 0) is 4.74 Å². The van der Waals surface area contributed by atoms with Crippen LogP contribution in [0.4, 0.5) is 0 Å². The summed E-state index contributed by atoms with van der Waals surface area (Å²) in [5, 5.41) is 3.81. The molecule has 1 heterocycles. The highest BCUT2D eigenvalue weighted by atomic mass is 16.5. The van der Waals surface area contributed by atoms with Gasteiger partial charge in [-0.05, 0) is 43.9 Å². The summed E-state index contributed by atoms with van der Waals surface area (Å²) >= 11 is 0. The molecule has 1 spiro atoms. The highest BCUT2D eigenvalue weighted by Gasteiger charge is 2.45. The summed E-state index contributed by atoms with van der Waals surface area (Å²) in [6.45, 7) is 5.85. The molecule has 0 amide bonds. The van der Waals surface area contributed by atoms with Crippen LogP contribution in [0.1, 0.15) is 58.8 Å². The van der Waals surface area contributed by atoms with Crippen molar-refractivity contribution in [3.8, 4) is 0 Å². The van der Waals surface area contributed by atoms with Gasteiger partial charge in [-0.25, -0.2) is 0 Å². The van der Waals surface area contributed by atoms with Gasteiger partial charge in [0, 0.05) is 12.6 Å². The van der Waals surface area contributed by atoms with Gasteiger partial charge in [0.2, 0.25) is 0 Å². The fourth-order valence-corrected chi connectivity index (χ4v) is 4.13. The molecule has 0 bridgehead atoms. The van der Waals surface area contributed by atoms with Crippen molar-refractivity contribution < 1.29 is 4.74 Å². The Labute approximate surface area is 105 Å². The van der Waals surface area contributed by atoms with E-state index < -0.39 is 0 Å². The average Bonchev–Trinajstić information content (AvgIpc) is 2.76. The van der Waals surface area contributed by atoms with E-state index in [9.17, 15) is 0 Å². The van der Waals surface area contributed by atoms with E-state index >= 15 is 0 Å². The SMILES string of the molecule is CC(C)C1CCC2OC3(CCCC3)CNC2C1. The standard InChI is InChI=1S/C15H27NO/c1-11(2)12-5-6-14-13(9-12)16-10-15(17-14)7-3-4-8-15/h11-14,16H,3-10H2,1-2H3. The summed E-state index contributed by atoms with van der Waals surface area (Å²) in [5.74, 6) is 1.74. The van der Waals surface area contributed by atoms with Gasteiger partial charge in [0.1, 0.15) is 0 Å². The monoisotopic (exact) mass is 237 g/mol. The van der Waals surface area contributed by atoms with Crippen molar-refractivity contribution in [2.24, 2.45) is 11.8 Å². The molecule has 3 unspecified atom stereocenters. The van der Waals surface area contributed by atoms with Gasteiger partial charge in [0.25, 0.3) is 0 Å². The summed E-state index contributed by atoms with van der Waals surface area (Å²) in [4.78, 5) is 0. The average molecular weight is 237 g/mol. The highest BCUT2D eigenvalue weighted by molar-refractivity contribution is 4.99. The predicted octanol–water partition coefficient (Wildman–Crippen LogP) is 3.11. The van der Waals surface area contributed by atoms with Crippen LogP contribution in [0.3, 0.4) is 0 Å². The van der Waals surface area contributed by atoms with Crippen molar-refractivity contribution in [3.05, 3.63) is 0 Å². The van der Waals surface area contributed by atoms with Gasteiger partial charge in [-0.15, -0.1) is 0 Å². The Kier molecular flexibility index (Phi) is 3.20. The Hall–Kier alpha value is -0.0800. The first-order valence-corrected chi connectivity index (χ1v) is 7.60. The molecule has 3 fully saturated rings. The first kappa shape index (κ1) is 12.0. The molecule has 0 aromatic rings. The van der Waals surface area contributed by atoms with Crippen LogP contribution in [-0.4, -0.2) is 24.3 Å². The van der Waals surface area contributed by atoms with E-state index in [-0.39, 0.29) is 5.60 Å². The van der Waals surface area contributed by atoms with Crippen LogP contribution in [0.2, 0.25) is 0 Å². The lowest BCUT2D eigenvalue weighted by Crippen LogP contribution is -2.60. The summed E-state index contributed by atoms with van der Waals surface area (Å²) in [6, 6.07) is 0.641. The minimum absolute atomic E-state index is 0.228. The Morgan fingerprint density at radius 1 is 1.18 bits per heavy atom. The fourth-order valence-electron chi connectivity index (χ4n) is 4.13. The molecule has 2 saturated carbocycles. The first-order valence-electron chi connectivity index (χ1n) is 7.60. The lowest BCUT2D eigenvalue weighted by atomic mass is 9.76. The summed E-state index contributed by atoms with van der Waals surface area (Å²) in [5.41, 5.74) is 0.228. The maximum Gasteiger partial charge on any atom is 0.0810 e. The zero-order valence-electron chi connectivity index (χ0n) is 11.4. The molecular formula is C15H27NO. The lowest BCUT2D eigenvalue weighted by Gasteiger charge is -2.48. The van der Waals surface area contributed by atoms with E-state index in [1.807, 2.05) is 0 Å². The van der Waals surface area contributed by atoms with Crippen LogP contribution in [0, 0.1) is 11.8 Å². The van der Waals surface area contributed by atoms with Crippen LogP contribution in [0.5, 0.6) is 0 Å². The summed E-state index contributed by atoms with van der Waals surface area (Å²) in [7, 11) is 0. The number of fused-ring (bicyclic) bond motifs is 1. The predicted molar refractivity (Wildman–Crippen MR) is 70.0 cm³/mol. The van der Waals surface area contributed by atoms with Gasteiger partial charge < -0.3 is 10.1 Å². The van der Waals surface area contributed by atoms with E-state index in [1.165, 1.54) is 44.9 Å². The highest BCUT2D eigenvalue weighted by Crippen LogP contribution is 2.41. The van der Waals surface area contributed by atoms with Crippen molar-refractivity contribution >= 4 is 0 Å². The number of rotatable bonds is 1. The van der Waals surface area contributed by atoms with Gasteiger partial charge >= 0.3 is 0 Å². The normalized spacial score (nSPS) is 40.8. The topological polar surface area (TPSA) is 21.3 Å². The summed E-state index contributed by atoms with van der Waals surface area (Å²) in [6.07, 6.45) is 9.81. The molecule has 98 valence electrons. The van der Waals surface area contributed by atoms with Gasteiger partial charge in [-0.3, -0.25) is 0 Å². The molecule has 3 atom stereocenters. The van der Waals surface area contributed by atoms with Crippen LogP contribution in [0.25, 0.3) is 0 Å². The maximum absolute atomic E-state index is 6.50. The minimum Gasteiger partial charge on any atom is -0.369 e. The molecule has 0 aromatic carbocycles. The molecule has 0 radical (unpaired) electrons. The second-order valence-corrected chi connectivity index (χ2v) is 6.85. The quantitative estimate of drug-likeness (QED) is 0.756. The van der Waals surface area contributed by atoms with Gasteiger partial charge in [-0.2, -0.15) is 0 Å². The third kappa shape index (κ3) is 2.26. The molecule has 1 saturated heterocycles. The van der Waals surface area contributed by atoms with Crippen molar-refractivity contribution in [1.29, 1.82) is 0 Å². The third-order valence-electron chi connectivity index (χ3n) is 5.37. The second-order valence-electron chi connectivity index (χ2n) is 6.85. The zero-order chi connectivity index (χ0) is 11.9. The number of nitrogens with one attached hydrogen (secondary N) is 1. The lowest BCUT2D eigenvalue weighted by molar-refractivity contribution is -0.148. The first-order chi connectivity index (χ1) is 8.19. The zero-order valence-corrected chi connectivity index (χ0v) is 11.4. The van der Waals surface area contributed by atoms with E-state index in [0.29, 0.717) is 12.1 Å². The molecule has 2 aliphatic carbocycles. The largest absolute Gasteiger partial charge is 0.369 e. The second kappa shape index (κ2) is 4.55. The van der Waals surface area contributed by atoms with Gasteiger partial charge in [0.15, 0.2) is 0 Å². The third-order valence-corrected chi connectivity index (χ3v) is 5.37.